The first kappa shape index (κ1) is 15.3. The first-order valence-electron chi connectivity index (χ1n) is 7.31. The van der Waals surface area contributed by atoms with Gasteiger partial charge in [-0.1, -0.05) is 6.92 Å². The molecule has 1 saturated heterocycles. The number of hydrogen-bond donors (Lipinski definition) is 0. The van der Waals surface area contributed by atoms with Gasteiger partial charge in [0.2, 0.25) is 5.91 Å². The molecule has 1 amide bonds. The fourth-order valence-corrected chi connectivity index (χ4v) is 3.22. The van der Waals surface area contributed by atoms with E-state index in [1.807, 2.05) is 18.7 Å². The number of rotatable bonds is 1. The minimum Gasteiger partial charge on any atom is -0.342 e. The third-order valence-electron chi connectivity index (χ3n) is 4.45. The Hall–Kier alpha value is -2.14. The predicted octanol–water partition coefficient (Wildman–Crippen LogP) is 2.63. The molecule has 1 fully saturated rings. The first-order chi connectivity index (χ1) is 9.99. The Balaban J connectivity index is 2.35. The summed E-state index contributed by atoms with van der Waals surface area (Å²) in [5.41, 5.74) is 2.18. The van der Waals surface area contributed by atoms with E-state index in [0.29, 0.717) is 12.2 Å². The van der Waals surface area contributed by atoms with Crippen LogP contribution in [0.15, 0.2) is 16.4 Å². The van der Waals surface area contributed by atoms with Crippen molar-refractivity contribution in [3.8, 4) is 6.07 Å². The van der Waals surface area contributed by atoms with E-state index in [0.717, 1.165) is 30.8 Å². The molecule has 2 aliphatic heterocycles. The second-order valence-corrected chi connectivity index (χ2v) is 5.84. The molecule has 2 heterocycles. The van der Waals surface area contributed by atoms with E-state index in [9.17, 15) is 10.1 Å². The van der Waals surface area contributed by atoms with Gasteiger partial charge in [-0.15, -0.1) is 0 Å². The van der Waals surface area contributed by atoms with Crippen molar-refractivity contribution in [3.05, 3.63) is 22.8 Å². The molecule has 2 aliphatic rings. The first-order valence-corrected chi connectivity index (χ1v) is 7.31. The predicted molar refractivity (Wildman–Crippen MR) is 80.0 cm³/mol. The van der Waals surface area contributed by atoms with Gasteiger partial charge in [-0.2, -0.15) is 5.26 Å². The maximum Gasteiger partial charge on any atom is 0.219 e. The van der Waals surface area contributed by atoms with Crippen LogP contribution >= 0.6 is 0 Å². The summed E-state index contributed by atoms with van der Waals surface area (Å²) in [4.78, 5) is 21.6. The van der Waals surface area contributed by atoms with Crippen molar-refractivity contribution < 1.29 is 4.79 Å². The lowest BCUT2D eigenvalue weighted by molar-refractivity contribution is -0.130. The molecular formula is C16H20N4O. The molecule has 0 aromatic carbocycles. The maximum atomic E-state index is 11.6. The van der Waals surface area contributed by atoms with E-state index in [2.05, 4.69) is 15.9 Å². The summed E-state index contributed by atoms with van der Waals surface area (Å²) in [5.74, 6) is -0.244. The summed E-state index contributed by atoms with van der Waals surface area (Å²) in [6.45, 7) is 14.2. The molecule has 0 saturated carbocycles. The Morgan fingerprint density at radius 3 is 2.86 bits per heavy atom. The highest BCUT2D eigenvalue weighted by Gasteiger charge is 2.35. The van der Waals surface area contributed by atoms with Crippen LogP contribution in [0.5, 0.6) is 0 Å². The van der Waals surface area contributed by atoms with Crippen molar-refractivity contribution in [1.82, 2.24) is 4.90 Å². The highest BCUT2D eigenvalue weighted by Crippen LogP contribution is 2.37. The Kier molecular flexibility index (Phi) is 4.43. The molecule has 0 aromatic heterocycles. The number of likely N-dealkylation sites (tertiary alicyclic amines) is 1. The van der Waals surface area contributed by atoms with E-state index in [1.54, 1.807) is 6.92 Å². The third-order valence-corrected chi connectivity index (χ3v) is 4.45. The standard InChI is InChI=1S/C16H20N4O/c1-10-14(8-17)11(2)19-16(15(10)18-4)13-6-5-7-20(9-13)12(3)21/h10,13-14H,5-7,9H2,1-3H3/t10-,13?,14?/m1/s1. The number of allylic oxidation sites excluding steroid dienone is 1. The zero-order valence-corrected chi connectivity index (χ0v) is 12.8. The van der Waals surface area contributed by atoms with Gasteiger partial charge in [0, 0.05) is 43.3 Å². The van der Waals surface area contributed by atoms with Gasteiger partial charge in [-0.05, 0) is 19.8 Å². The highest BCUT2D eigenvalue weighted by molar-refractivity contribution is 5.89. The number of amides is 1. The number of carbonyl (C=O) groups is 1. The summed E-state index contributed by atoms with van der Waals surface area (Å²) in [5, 5.41) is 9.25. The second-order valence-electron chi connectivity index (χ2n) is 5.84. The smallest absolute Gasteiger partial charge is 0.219 e. The number of hydrogen-bond acceptors (Lipinski definition) is 3. The van der Waals surface area contributed by atoms with Crippen molar-refractivity contribution in [3.63, 3.8) is 0 Å². The molecular weight excluding hydrogens is 264 g/mol. The van der Waals surface area contributed by atoms with E-state index in [4.69, 9.17) is 6.57 Å². The van der Waals surface area contributed by atoms with Gasteiger partial charge in [-0.3, -0.25) is 9.79 Å². The quantitative estimate of drug-likeness (QED) is 0.695. The largest absolute Gasteiger partial charge is 0.342 e. The SMILES string of the molecule is [C-]#[N+]C1=C(C2CCCN(C(C)=O)C2)N=C(C)C(C#N)[C@H]1C. The van der Waals surface area contributed by atoms with Crippen LogP contribution in [0, 0.1) is 35.7 Å². The van der Waals surface area contributed by atoms with Crippen molar-refractivity contribution in [1.29, 1.82) is 5.26 Å². The number of carbonyl (C=O) groups excluding carboxylic acids is 1. The normalized spacial score (nSPS) is 29.5. The van der Waals surface area contributed by atoms with Crippen molar-refractivity contribution >= 4 is 11.6 Å². The molecule has 0 aromatic rings. The van der Waals surface area contributed by atoms with Crippen LogP contribution in [-0.4, -0.2) is 29.6 Å². The zero-order chi connectivity index (χ0) is 15.6. The van der Waals surface area contributed by atoms with Gasteiger partial charge < -0.3 is 4.90 Å². The Bertz CT molecular complexity index is 590. The highest BCUT2D eigenvalue weighted by atomic mass is 16.2. The van der Waals surface area contributed by atoms with E-state index < -0.39 is 0 Å². The van der Waals surface area contributed by atoms with Crippen molar-refractivity contribution in [2.24, 2.45) is 22.7 Å². The lowest BCUT2D eigenvalue weighted by atomic mass is 9.82. The maximum absolute atomic E-state index is 11.6. The monoisotopic (exact) mass is 284 g/mol. The van der Waals surface area contributed by atoms with Gasteiger partial charge in [0.05, 0.1) is 18.6 Å². The van der Waals surface area contributed by atoms with Gasteiger partial charge in [-0.25, -0.2) is 4.85 Å². The molecule has 2 unspecified atom stereocenters. The number of nitrogens with zero attached hydrogens (tertiary/aromatic N) is 4. The minimum absolute atomic E-state index is 0.0733. The lowest BCUT2D eigenvalue weighted by Crippen LogP contribution is -2.40. The summed E-state index contributed by atoms with van der Waals surface area (Å²) in [6.07, 6.45) is 1.88. The molecule has 3 atom stereocenters. The number of piperidine rings is 1. The molecule has 0 bridgehead atoms. The molecule has 5 heteroatoms. The van der Waals surface area contributed by atoms with Crippen molar-refractivity contribution in [2.75, 3.05) is 13.1 Å². The topological polar surface area (TPSA) is 60.8 Å². The molecule has 0 radical (unpaired) electrons. The Morgan fingerprint density at radius 1 is 1.57 bits per heavy atom. The fraction of sp³-hybridized carbons (Fsp3) is 0.625. The zero-order valence-electron chi connectivity index (χ0n) is 12.8. The number of nitriles is 1. The van der Waals surface area contributed by atoms with Gasteiger partial charge in [0.15, 0.2) is 5.70 Å². The lowest BCUT2D eigenvalue weighted by Gasteiger charge is -2.35. The summed E-state index contributed by atoms with van der Waals surface area (Å²) >= 11 is 0. The summed E-state index contributed by atoms with van der Waals surface area (Å²) in [6, 6.07) is 2.25. The van der Waals surface area contributed by atoms with E-state index in [1.165, 1.54) is 0 Å². The molecule has 0 spiro atoms. The summed E-state index contributed by atoms with van der Waals surface area (Å²) in [7, 11) is 0. The van der Waals surface area contributed by atoms with Crippen LogP contribution in [-0.2, 0) is 4.79 Å². The van der Waals surface area contributed by atoms with Crippen LogP contribution in [0.4, 0.5) is 0 Å². The van der Waals surface area contributed by atoms with Gasteiger partial charge in [0.25, 0.3) is 0 Å². The van der Waals surface area contributed by atoms with E-state index >= 15 is 0 Å². The molecule has 110 valence electrons. The molecule has 0 N–H and O–H groups in total. The van der Waals surface area contributed by atoms with Crippen LogP contribution in [0.2, 0.25) is 0 Å². The number of aliphatic imine (C=N–C) groups is 1. The molecule has 5 nitrogen and oxygen atoms in total. The molecule has 0 aliphatic carbocycles. The minimum atomic E-state index is -0.314. The second kappa shape index (κ2) is 6.10. The van der Waals surface area contributed by atoms with Crippen LogP contribution in [0.3, 0.4) is 0 Å². The average molecular weight is 284 g/mol. The third kappa shape index (κ3) is 2.83. The Labute approximate surface area is 125 Å². The van der Waals surface area contributed by atoms with Crippen LogP contribution < -0.4 is 0 Å². The van der Waals surface area contributed by atoms with Gasteiger partial charge in [0.1, 0.15) is 0 Å². The van der Waals surface area contributed by atoms with E-state index in [-0.39, 0.29) is 23.7 Å². The Morgan fingerprint density at radius 2 is 2.29 bits per heavy atom. The molecule has 2 rings (SSSR count). The van der Waals surface area contributed by atoms with Gasteiger partial charge >= 0.3 is 0 Å². The average Bonchev–Trinajstić information content (AvgIpc) is 2.47. The van der Waals surface area contributed by atoms with Crippen LogP contribution in [0.1, 0.15) is 33.6 Å². The van der Waals surface area contributed by atoms with Crippen LogP contribution in [0.25, 0.3) is 4.85 Å². The van der Waals surface area contributed by atoms with Crippen molar-refractivity contribution in [2.45, 2.75) is 33.6 Å². The molecule has 21 heavy (non-hydrogen) atoms. The fourth-order valence-electron chi connectivity index (χ4n) is 3.22. The summed E-state index contributed by atoms with van der Waals surface area (Å²) < 4.78 is 0.